The number of H-pyrrole nitrogens is 1. The molecule has 0 radical (unpaired) electrons. The maximum atomic E-state index is 11.1. The van der Waals surface area contributed by atoms with Gasteiger partial charge in [-0.25, -0.2) is 14.8 Å². The van der Waals surface area contributed by atoms with Gasteiger partial charge in [0.2, 0.25) is 0 Å². The zero-order valence-electron chi connectivity index (χ0n) is 15.1. The topological polar surface area (TPSA) is 127 Å². The Balaban J connectivity index is 1.65. The summed E-state index contributed by atoms with van der Waals surface area (Å²) in [4.78, 5) is 23.2. The molecule has 0 bridgehead atoms. The van der Waals surface area contributed by atoms with Gasteiger partial charge < -0.3 is 20.7 Å². The molecule has 0 saturated heterocycles. The number of nitriles is 1. The second-order valence-corrected chi connectivity index (χ2v) is 6.93. The van der Waals surface area contributed by atoms with E-state index in [2.05, 4.69) is 31.7 Å². The molecule has 0 unspecified atom stereocenters. The number of amides is 1. The molecule has 0 aliphatic heterocycles. The Labute approximate surface area is 161 Å². The van der Waals surface area contributed by atoms with E-state index in [1.54, 1.807) is 0 Å². The van der Waals surface area contributed by atoms with E-state index in [9.17, 15) is 10.1 Å². The third-order valence-electron chi connectivity index (χ3n) is 5.07. The van der Waals surface area contributed by atoms with Crippen molar-refractivity contribution in [2.75, 3.05) is 5.32 Å². The Hall–Kier alpha value is -3.60. The zero-order valence-corrected chi connectivity index (χ0v) is 15.1. The lowest BCUT2D eigenvalue weighted by Gasteiger charge is -2.32. The third kappa shape index (κ3) is 3.60. The first-order chi connectivity index (χ1) is 13.6. The molecule has 142 valence electrons. The van der Waals surface area contributed by atoms with Gasteiger partial charge in [0.15, 0.2) is 5.69 Å². The Bertz CT molecular complexity index is 1020. The monoisotopic (exact) mass is 376 g/mol. The molecule has 0 spiro atoms. The molecule has 1 aliphatic rings. The first-order valence-corrected chi connectivity index (χ1v) is 9.25. The summed E-state index contributed by atoms with van der Waals surface area (Å²) in [6.07, 6.45) is 4.13. The smallest absolute Gasteiger partial charge is 0.404 e. The van der Waals surface area contributed by atoms with Crippen LogP contribution < -0.4 is 10.6 Å². The molecule has 1 aliphatic carbocycles. The van der Waals surface area contributed by atoms with Crippen LogP contribution in [-0.4, -0.2) is 38.2 Å². The Morgan fingerprint density at radius 2 is 2.04 bits per heavy atom. The predicted octanol–water partition coefficient (Wildman–Crippen LogP) is 3.49. The number of aromatic nitrogens is 3. The number of fused-ring (bicyclic) bond motifs is 1. The maximum Gasteiger partial charge on any atom is 0.404 e. The van der Waals surface area contributed by atoms with Crippen LogP contribution in [0.5, 0.6) is 0 Å². The summed E-state index contributed by atoms with van der Waals surface area (Å²) in [5.74, 6) is 0.525. The Kier molecular flexibility index (Phi) is 4.81. The van der Waals surface area contributed by atoms with Crippen molar-refractivity contribution in [3.05, 3.63) is 42.2 Å². The molecule has 3 aromatic rings. The summed E-state index contributed by atoms with van der Waals surface area (Å²) in [7, 11) is 0. The van der Waals surface area contributed by atoms with E-state index in [1.165, 1.54) is 6.20 Å². The first kappa shape index (κ1) is 17.8. The fraction of sp³-hybridized carbons (Fsp3) is 0.300. The van der Waals surface area contributed by atoms with Crippen molar-refractivity contribution in [1.82, 2.24) is 20.3 Å². The molecule has 2 heterocycles. The average Bonchev–Trinajstić information content (AvgIpc) is 3.13. The van der Waals surface area contributed by atoms with Crippen LogP contribution in [0, 0.1) is 11.3 Å². The van der Waals surface area contributed by atoms with Crippen LogP contribution in [0.2, 0.25) is 0 Å². The molecular formula is C20H20N6O2. The predicted molar refractivity (Wildman–Crippen MR) is 105 cm³/mol. The van der Waals surface area contributed by atoms with Crippen LogP contribution in [0.1, 0.15) is 31.4 Å². The number of anilines is 1. The highest BCUT2D eigenvalue weighted by molar-refractivity contribution is 5.86. The molecule has 8 heteroatoms. The van der Waals surface area contributed by atoms with Gasteiger partial charge in [0.25, 0.3) is 0 Å². The van der Waals surface area contributed by atoms with E-state index in [-0.39, 0.29) is 17.8 Å². The minimum Gasteiger partial charge on any atom is -0.465 e. The van der Waals surface area contributed by atoms with Gasteiger partial charge in [0, 0.05) is 16.9 Å². The second-order valence-electron chi connectivity index (χ2n) is 6.93. The number of rotatable bonds is 4. The summed E-state index contributed by atoms with van der Waals surface area (Å²) < 4.78 is 0. The van der Waals surface area contributed by atoms with Crippen molar-refractivity contribution < 1.29 is 9.90 Å². The quantitative estimate of drug-likeness (QED) is 0.552. The number of carboxylic acid groups (broad SMARTS) is 1. The number of para-hydroxylation sites is 1. The molecule has 2 aromatic heterocycles. The Morgan fingerprint density at radius 1 is 1.25 bits per heavy atom. The first-order valence-electron chi connectivity index (χ1n) is 9.25. The highest BCUT2D eigenvalue weighted by Gasteiger charge is 2.27. The molecule has 8 nitrogen and oxygen atoms in total. The molecule has 4 rings (SSSR count). The molecule has 1 amide bonds. The molecule has 28 heavy (non-hydrogen) atoms. The fourth-order valence-corrected chi connectivity index (χ4v) is 3.75. The summed E-state index contributed by atoms with van der Waals surface area (Å²) in [5, 5.41) is 25.4. The number of carbonyl (C=O) groups is 1. The lowest BCUT2D eigenvalue weighted by molar-refractivity contribution is 0.184. The van der Waals surface area contributed by atoms with Gasteiger partial charge in [0.1, 0.15) is 17.6 Å². The maximum absolute atomic E-state index is 11.1. The van der Waals surface area contributed by atoms with Gasteiger partial charge in [-0.15, -0.1) is 0 Å². The van der Waals surface area contributed by atoms with Crippen molar-refractivity contribution in [2.45, 2.75) is 37.8 Å². The molecule has 1 aromatic carbocycles. The summed E-state index contributed by atoms with van der Waals surface area (Å²) >= 11 is 0. The lowest BCUT2D eigenvalue weighted by atomic mass is 9.90. The van der Waals surface area contributed by atoms with Crippen LogP contribution in [0.25, 0.3) is 22.3 Å². The van der Waals surface area contributed by atoms with E-state index in [4.69, 9.17) is 5.11 Å². The zero-order chi connectivity index (χ0) is 19.5. The van der Waals surface area contributed by atoms with E-state index < -0.39 is 6.09 Å². The average molecular weight is 376 g/mol. The van der Waals surface area contributed by atoms with Crippen molar-refractivity contribution in [3.8, 4) is 17.5 Å². The van der Waals surface area contributed by atoms with E-state index in [1.807, 2.05) is 30.3 Å². The van der Waals surface area contributed by atoms with Crippen molar-refractivity contribution >= 4 is 22.8 Å². The van der Waals surface area contributed by atoms with Gasteiger partial charge in [-0.05, 0) is 25.0 Å². The molecule has 2 atom stereocenters. The number of hydrogen-bond acceptors (Lipinski definition) is 5. The van der Waals surface area contributed by atoms with E-state index in [0.717, 1.165) is 42.3 Å². The van der Waals surface area contributed by atoms with Crippen LogP contribution in [-0.2, 0) is 0 Å². The number of nitrogens with one attached hydrogen (secondary N) is 3. The van der Waals surface area contributed by atoms with Gasteiger partial charge in [-0.1, -0.05) is 31.0 Å². The minimum absolute atomic E-state index is 0.0670. The minimum atomic E-state index is -1.02. The second kappa shape index (κ2) is 7.56. The SMILES string of the molecule is N#Cc1ncc(N[C@@H]2CCCC[C@@H]2NC(=O)O)nc1-c1cc2ccccc2[nH]1. The Morgan fingerprint density at radius 3 is 2.79 bits per heavy atom. The molecular weight excluding hydrogens is 356 g/mol. The lowest BCUT2D eigenvalue weighted by Crippen LogP contribution is -2.48. The molecule has 1 fully saturated rings. The third-order valence-corrected chi connectivity index (χ3v) is 5.07. The van der Waals surface area contributed by atoms with Gasteiger partial charge in [0.05, 0.1) is 17.9 Å². The van der Waals surface area contributed by atoms with Crippen molar-refractivity contribution in [1.29, 1.82) is 5.26 Å². The highest BCUT2D eigenvalue weighted by Crippen LogP contribution is 2.27. The number of hydrogen-bond donors (Lipinski definition) is 4. The summed E-state index contributed by atoms with van der Waals surface area (Å²) in [6, 6.07) is 11.6. The summed E-state index contributed by atoms with van der Waals surface area (Å²) in [5.41, 5.74) is 2.39. The standard InChI is InChI=1S/C20H20N6O2/c21-10-17-19(16-9-12-5-1-2-6-13(12)23-16)26-18(11-22-17)24-14-7-3-4-8-15(14)25-20(27)28/h1-2,5-6,9,11,14-15,23,25H,3-4,7-8H2,(H,24,26)(H,27,28)/t14-,15+/m1/s1. The van der Waals surface area contributed by atoms with Gasteiger partial charge in [-0.2, -0.15) is 5.26 Å². The van der Waals surface area contributed by atoms with Crippen LogP contribution in [0.15, 0.2) is 36.5 Å². The largest absolute Gasteiger partial charge is 0.465 e. The van der Waals surface area contributed by atoms with E-state index in [0.29, 0.717) is 11.5 Å². The van der Waals surface area contributed by atoms with Crippen LogP contribution in [0.4, 0.5) is 10.6 Å². The highest BCUT2D eigenvalue weighted by atomic mass is 16.4. The van der Waals surface area contributed by atoms with Crippen molar-refractivity contribution in [3.63, 3.8) is 0 Å². The van der Waals surface area contributed by atoms with Crippen LogP contribution in [0.3, 0.4) is 0 Å². The normalized spacial score (nSPS) is 19.1. The number of benzene rings is 1. The number of nitrogens with zero attached hydrogens (tertiary/aromatic N) is 3. The van der Waals surface area contributed by atoms with Crippen LogP contribution >= 0.6 is 0 Å². The van der Waals surface area contributed by atoms with Gasteiger partial charge >= 0.3 is 6.09 Å². The van der Waals surface area contributed by atoms with E-state index >= 15 is 0 Å². The summed E-state index contributed by atoms with van der Waals surface area (Å²) in [6.45, 7) is 0. The van der Waals surface area contributed by atoms with Gasteiger partial charge in [-0.3, -0.25) is 0 Å². The number of aromatic amines is 1. The van der Waals surface area contributed by atoms with Crippen molar-refractivity contribution in [2.24, 2.45) is 0 Å². The molecule has 1 saturated carbocycles. The molecule has 4 N–H and O–H groups in total. The fourth-order valence-electron chi connectivity index (χ4n) is 3.75.